The lowest BCUT2D eigenvalue weighted by atomic mass is 10.1. The topological polar surface area (TPSA) is 121 Å². The number of hydrogen-bond acceptors (Lipinski definition) is 9. The van der Waals surface area contributed by atoms with Crippen LogP contribution in [0.2, 0.25) is 0 Å². The van der Waals surface area contributed by atoms with Crippen LogP contribution in [0.3, 0.4) is 0 Å². The molecule has 33 heavy (non-hydrogen) atoms. The van der Waals surface area contributed by atoms with Crippen molar-refractivity contribution in [2.75, 3.05) is 24.8 Å². The first kappa shape index (κ1) is 23.2. The maximum atomic E-state index is 13.2. The van der Waals surface area contributed by atoms with Gasteiger partial charge in [-0.15, -0.1) is 22.7 Å². The van der Waals surface area contributed by atoms with Crippen molar-refractivity contribution in [2.24, 2.45) is 0 Å². The largest absolute Gasteiger partial charge is 0.465 e. The molecule has 1 amide bonds. The molecular formula is C23H25N3O5S2. The van der Waals surface area contributed by atoms with E-state index in [1.54, 1.807) is 13.8 Å². The van der Waals surface area contributed by atoms with Gasteiger partial charge in [0.05, 0.1) is 25.0 Å². The number of hydrogen-bond donors (Lipinski definition) is 2. The van der Waals surface area contributed by atoms with Crippen molar-refractivity contribution in [3.63, 3.8) is 0 Å². The molecule has 0 spiro atoms. The lowest BCUT2D eigenvalue weighted by Crippen LogP contribution is -2.14. The first-order valence-corrected chi connectivity index (χ1v) is 12.4. The van der Waals surface area contributed by atoms with Crippen molar-refractivity contribution in [3.8, 4) is 0 Å². The summed E-state index contributed by atoms with van der Waals surface area (Å²) in [6, 6.07) is 2.06. The summed E-state index contributed by atoms with van der Waals surface area (Å²) in [5.74, 6) is -1.67. The number of aromatic nitrogens is 1. The minimum atomic E-state index is -0.649. The van der Waals surface area contributed by atoms with E-state index in [2.05, 4.69) is 11.4 Å². The summed E-state index contributed by atoms with van der Waals surface area (Å²) < 4.78 is 9.95. The fourth-order valence-electron chi connectivity index (χ4n) is 4.01. The number of nitrogens with one attached hydrogen (secondary N) is 1. The van der Waals surface area contributed by atoms with Crippen LogP contribution in [0, 0.1) is 6.92 Å². The van der Waals surface area contributed by atoms with E-state index in [1.165, 1.54) is 30.4 Å². The van der Waals surface area contributed by atoms with Crippen LogP contribution in [0.25, 0.3) is 10.2 Å². The van der Waals surface area contributed by atoms with Crippen LogP contribution in [0.5, 0.6) is 0 Å². The number of carbonyl (C=O) groups is 3. The van der Waals surface area contributed by atoms with Gasteiger partial charge >= 0.3 is 11.9 Å². The van der Waals surface area contributed by atoms with E-state index in [4.69, 9.17) is 20.2 Å². The molecule has 0 unspecified atom stereocenters. The number of aryl methyl sites for hydroxylation is 2. The Bertz CT molecular complexity index is 1260. The standard InChI is InChI=1S/C23H25N3O5S2/c1-4-31-23(29)17-11(2)15(22(28)30-3)21(32-17)26-19(27)18-16(24)13-10-12-8-6-5-7-9-14(12)25-20(13)33-18/h10H,4-9,24H2,1-3H3,(H,26,27). The fourth-order valence-corrected chi connectivity index (χ4v) is 6.08. The van der Waals surface area contributed by atoms with Crippen LogP contribution < -0.4 is 11.1 Å². The Balaban J connectivity index is 1.71. The highest BCUT2D eigenvalue weighted by Crippen LogP contribution is 2.38. The zero-order valence-corrected chi connectivity index (χ0v) is 20.3. The third-order valence-electron chi connectivity index (χ3n) is 5.68. The Labute approximate surface area is 199 Å². The number of nitrogens with zero attached hydrogens (tertiary/aromatic N) is 1. The molecule has 8 nitrogen and oxygen atoms in total. The number of anilines is 2. The molecule has 4 rings (SSSR count). The molecule has 3 heterocycles. The second-order valence-corrected chi connectivity index (χ2v) is 9.80. The molecule has 0 saturated carbocycles. The van der Waals surface area contributed by atoms with Crippen LogP contribution in [0.1, 0.15) is 72.7 Å². The van der Waals surface area contributed by atoms with Crippen LogP contribution >= 0.6 is 22.7 Å². The Kier molecular flexibility index (Phi) is 6.66. The summed E-state index contributed by atoms with van der Waals surface area (Å²) >= 11 is 2.20. The van der Waals surface area contributed by atoms with Gasteiger partial charge in [-0.05, 0) is 56.7 Å². The van der Waals surface area contributed by atoms with E-state index < -0.39 is 17.8 Å². The normalized spacial score (nSPS) is 13.3. The number of amides is 1. The Morgan fingerprint density at radius 3 is 2.61 bits per heavy atom. The molecule has 3 aromatic rings. The van der Waals surface area contributed by atoms with Gasteiger partial charge in [-0.25, -0.2) is 14.6 Å². The first-order valence-electron chi connectivity index (χ1n) is 10.8. The van der Waals surface area contributed by atoms with Crippen molar-refractivity contribution in [1.29, 1.82) is 0 Å². The van der Waals surface area contributed by atoms with Crippen molar-refractivity contribution >= 4 is 61.4 Å². The van der Waals surface area contributed by atoms with Gasteiger partial charge in [0.1, 0.15) is 19.6 Å². The highest BCUT2D eigenvalue weighted by atomic mass is 32.1. The number of fused-ring (bicyclic) bond motifs is 2. The second-order valence-electron chi connectivity index (χ2n) is 7.78. The molecule has 0 atom stereocenters. The van der Waals surface area contributed by atoms with Crippen molar-refractivity contribution in [2.45, 2.75) is 46.0 Å². The van der Waals surface area contributed by atoms with Crippen molar-refractivity contribution in [3.05, 3.63) is 38.2 Å². The summed E-state index contributed by atoms with van der Waals surface area (Å²) in [6.07, 6.45) is 5.30. The molecule has 0 aromatic carbocycles. The number of nitrogen functional groups attached to an aromatic ring is 1. The monoisotopic (exact) mass is 487 g/mol. The number of rotatable bonds is 5. The van der Waals surface area contributed by atoms with E-state index in [0.717, 1.165) is 52.9 Å². The molecule has 10 heteroatoms. The molecule has 0 fully saturated rings. The van der Waals surface area contributed by atoms with E-state index in [1.807, 2.05) is 0 Å². The lowest BCUT2D eigenvalue weighted by Gasteiger charge is -2.06. The molecular weight excluding hydrogens is 462 g/mol. The molecule has 3 aromatic heterocycles. The summed E-state index contributed by atoms with van der Waals surface area (Å²) in [5.41, 5.74) is 9.52. The van der Waals surface area contributed by atoms with Crippen LogP contribution in [-0.2, 0) is 22.3 Å². The summed E-state index contributed by atoms with van der Waals surface area (Å²) in [4.78, 5) is 44.0. The highest BCUT2D eigenvalue weighted by molar-refractivity contribution is 7.21. The molecule has 1 aliphatic carbocycles. The predicted octanol–water partition coefficient (Wildman–Crippen LogP) is 4.73. The summed E-state index contributed by atoms with van der Waals surface area (Å²) in [5, 5.41) is 3.74. The average molecular weight is 488 g/mol. The number of ether oxygens (including phenoxy) is 2. The van der Waals surface area contributed by atoms with Crippen LogP contribution in [-0.4, -0.2) is 36.5 Å². The number of pyridine rings is 1. The van der Waals surface area contributed by atoms with E-state index in [0.29, 0.717) is 16.1 Å². The minimum absolute atomic E-state index is 0.128. The molecule has 1 aliphatic rings. The van der Waals surface area contributed by atoms with Gasteiger partial charge in [-0.2, -0.15) is 0 Å². The maximum absolute atomic E-state index is 13.2. The number of nitrogens with two attached hydrogens (primary N) is 1. The number of methoxy groups -OCH3 is 1. The van der Waals surface area contributed by atoms with Gasteiger partial charge in [0, 0.05) is 11.1 Å². The quantitative estimate of drug-likeness (QED) is 0.394. The molecule has 0 aliphatic heterocycles. The smallest absolute Gasteiger partial charge is 0.348 e. The van der Waals surface area contributed by atoms with Gasteiger partial charge in [-0.1, -0.05) is 6.42 Å². The lowest BCUT2D eigenvalue weighted by molar-refractivity contribution is 0.0531. The van der Waals surface area contributed by atoms with Crippen LogP contribution in [0.15, 0.2) is 6.07 Å². The first-order chi connectivity index (χ1) is 15.8. The molecule has 0 radical (unpaired) electrons. The van der Waals surface area contributed by atoms with E-state index in [-0.39, 0.29) is 22.0 Å². The van der Waals surface area contributed by atoms with Crippen molar-refractivity contribution < 1.29 is 23.9 Å². The van der Waals surface area contributed by atoms with E-state index in [9.17, 15) is 14.4 Å². The van der Waals surface area contributed by atoms with E-state index >= 15 is 0 Å². The third-order valence-corrected chi connectivity index (χ3v) is 7.98. The predicted molar refractivity (Wildman–Crippen MR) is 130 cm³/mol. The number of carbonyl (C=O) groups excluding carboxylic acids is 3. The third kappa shape index (κ3) is 4.32. The Hall–Kier alpha value is -2.98. The van der Waals surface area contributed by atoms with Gasteiger partial charge in [0.15, 0.2) is 0 Å². The van der Waals surface area contributed by atoms with Gasteiger partial charge in [0.25, 0.3) is 5.91 Å². The second kappa shape index (κ2) is 9.48. The fraction of sp³-hybridized carbons (Fsp3) is 0.391. The zero-order chi connectivity index (χ0) is 23.7. The summed E-state index contributed by atoms with van der Waals surface area (Å²) in [6.45, 7) is 3.51. The summed E-state index contributed by atoms with van der Waals surface area (Å²) in [7, 11) is 1.24. The molecule has 0 bridgehead atoms. The average Bonchev–Trinajstić information content (AvgIpc) is 3.17. The number of thiophene rings is 2. The number of esters is 2. The Morgan fingerprint density at radius 2 is 1.88 bits per heavy atom. The SMILES string of the molecule is CCOC(=O)c1sc(NC(=O)c2sc3nc4c(cc3c2N)CCCCC4)c(C(=O)OC)c1C. The van der Waals surface area contributed by atoms with Crippen LogP contribution in [0.4, 0.5) is 10.7 Å². The van der Waals surface area contributed by atoms with Gasteiger partial charge in [-0.3, -0.25) is 4.79 Å². The Morgan fingerprint density at radius 1 is 1.12 bits per heavy atom. The highest BCUT2D eigenvalue weighted by Gasteiger charge is 2.28. The molecule has 174 valence electrons. The minimum Gasteiger partial charge on any atom is -0.465 e. The van der Waals surface area contributed by atoms with Gasteiger partial charge in [0.2, 0.25) is 0 Å². The maximum Gasteiger partial charge on any atom is 0.348 e. The zero-order valence-electron chi connectivity index (χ0n) is 18.7. The molecule has 0 saturated heterocycles. The molecule has 3 N–H and O–H groups in total. The van der Waals surface area contributed by atoms with Crippen molar-refractivity contribution in [1.82, 2.24) is 4.98 Å². The van der Waals surface area contributed by atoms with Gasteiger partial charge < -0.3 is 20.5 Å².